The second-order valence-electron chi connectivity index (χ2n) is 11.2. The Balaban J connectivity index is 0.00000520. The summed E-state index contributed by atoms with van der Waals surface area (Å²) in [5.41, 5.74) is 2.80. The zero-order valence-corrected chi connectivity index (χ0v) is 29.4. The summed E-state index contributed by atoms with van der Waals surface area (Å²) in [4.78, 5) is 22.2. The third-order valence-corrected chi connectivity index (χ3v) is 8.80. The van der Waals surface area contributed by atoms with Gasteiger partial charge in [-0.15, -0.1) is 12.4 Å². The summed E-state index contributed by atoms with van der Waals surface area (Å²) in [5.74, 6) is 0.946. The highest BCUT2D eigenvalue weighted by molar-refractivity contribution is 7.92. The van der Waals surface area contributed by atoms with Crippen LogP contribution in [0.5, 0.6) is 11.6 Å². The van der Waals surface area contributed by atoms with E-state index in [1.54, 1.807) is 47.5 Å². The Labute approximate surface area is 292 Å². The van der Waals surface area contributed by atoms with Gasteiger partial charge in [-0.2, -0.15) is 0 Å². The van der Waals surface area contributed by atoms with Crippen molar-refractivity contribution in [2.45, 2.75) is 25.4 Å². The average Bonchev–Trinajstić information content (AvgIpc) is 3.01. The van der Waals surface area contributed by atoms with Crippen LogP contribution >= 0.6 is 24.0 Å². The largest absolute Gasteiger partial charge is 0.439 e. The Morgan fingerprint density at radius 1 is 0.896 bits per heavy atom. The Morgan fingerprint density at radius 2 is 1.54 bits per heavy atom. The Kier molecular flexibility index (Phi) is 12.2. The molecule has 48 heavy (non-hydrogen) atoms. The molecule has 1 saturated heterocycles. The maximum absolute atomic E-state index is 13.7. The number of sulfonamides is 2. The fraction of sp³-hybridized carbons (Fsp3) is 0.250. The summed E-state index contributed by atoms with van der Waals surface area (Å²) < 4.78 is 56.9. The van der Waals surface area contributed by atoms with Gasteiger partial charge in [0, 0.05) is 55.0 Å². The standard InChI is InChI=1S/C32H35ClN6O6S2.ClH/c1-46(41,42)36-24-9-12-28(13-10-24)45-31-15-8-23(21-34-31)22-38-18-16-27(17-19-38)39(26-6-4-3-5-7-26)32(40)35-25-11-14-29(33)30(20-25)37-47(2,43)44;/h3-15,20-21,27,36-37H,16-19,22H2,1-2H3,(H,35,40);1H. The first-order chi connectivity index (χ1) is 22.3. The molecule has 3 aromatic carbocycles. The van der Waals surface area contributed by atoms with Gasteiger partial charge in [-0.05, 0) is 73.0 Å². The highest BCUT2D eigenvalue weighted by Crippen LogP contribution is 2.29. The van der Waals surface area contributed by atoms with Gasteiger partial charge in [-0.1, -0.05) is 35.9 Å². The number of ether oxygens (including phenoxy) is 1. The third-order valence-electron chi connectivity index (χ3n) is 7.27. The van der Waals surface area contributed by atoms with Crippen molar-refractivity contribution in [2.75, 3.05) is 45.3 Å². The first-order valence-electron chi connectivity index (χ1n) is 14.7. The molecule has 0 atom stereocenters. The van der Waals surface area contributed by atoms with E-state index in [-0.39, 0.29) is 35.2 Å². The molecule has 0 aliphatic carbocycles. The van der Waals surface area contributed by atoms with Gasteiger partial charge in [0.1, 0.15) is 5.75 Å². The Bertz CT molecular complexity index is 1910. The lowest BCUT2D eigenvalue weighted by molar-refractivity contribution is 0.199. The van der Waals surface area contributed by atoms with E-state index in [4.69, 9.17) is 16.3 Å². The van der Waals surface area contributed by atoms with Crippen molar-refractivity contribution in [3.8, 4) is 11.6 Å². The predicted octanol–water partition coefficient (Wildman–Crippen LogP) is 6.40. The maximum atomic E-state index is 13.7. The van der Waals surface area contributed by atoms with Gasteiger partial charge in [0.25, 0.3) is 0 Å². The topological polar surface area (TPSA) is 150 Å². The van der Waals surface area contributed by atoms with Crippen LogP contribution in [0.4, 0.5) is 27.5 Å². The number of pyridine rings is 1. The molecule has 256 valence electrons. The summed E-state index contributed by atoms with van der Waals surface area (Å²) in [6.45, 7) is 2.21. The molecule has 3 N–H and O–H groups in total. The number of hydrogen-bond donors (Lipinski definition) is 3. The van der Waals surface area contributed by atoms with E-state index in [0.29, 0.717) is 29.5 Å². The van der Waals surface area contributed by atoms with Crippen LogP contribution < -0.4 is 24.4 Å². The normalized spacial score (nSPS) is 14.0. The fourth-order valence-corrected chi connectivity index (χ4v) is 6.59. The molecule has 0 bridgehead atoms. The van der Waals surface area contributed by atoms with Crippen LogP contribution in [0.3, 0.4) is 0 Å². The van der Waals surface area contributed by atoms with E-state index in [1.165, 1.54) is 12.1 Å². The summed E-state index contributed by atoms with van der Waals surface area (Å²) in [6.07, 6.45) is 5.37. The minimum atomic E-state index is -3.56. The highest BCUT2D eigenvalue weighted by atomic mass is 35.5. The number of hydrogen-bond acceptors (Lipinski definition) is 8. The smallest absolute Gasteiger partial charge is 0.326 e. The van der Waals surface area contributed by atoms with Crippen LogP contribution in [-0.2, 0) is 26.6 Å². The minimum absolute atomic E-state index is 0. The van der Waals surface area contributed by atoms with E-state index in [1.807, 2.05) is 36.4 Å². The molecular formula is C32H36Cl2N6O6S2. The van der Waals surface area contributed by atoms with Gasteiger partial charge < -0.3 is 10.1 Å². The number of piperidine rings is 1. The molecule has 2 heterocycles. The number of urea groups is 1. The van der Waals surface area contributed by atoms with E-state index < -0.39 is 20.0 Å². The van der Waals surface area contributed by atoms with Crippen molar-refractivity contribution >= 4 is 72.8 Å². The van der Waals surface area contributed by atoms with Crippen LogP contribution in [-0.4, -0.2) is 64.4 Å². The van der Waals surface area contributed by atoms with Crippen molar-refractivity contribution < 1.29 is 26.4 Å². The highest BCUT2D eigenvalue weighted by Gasteiger charge is 2.29. The fourth-order valence-electron chi connectivity index (χ4n) is 5.23. The van der Waals surface area contributed by atoms with E-state index in [9.17, 15) is 21.6 Å². The number of aromatic nitrogens is 1. The van der Waals surface area contributed by atoms with Crippen molar-refractivity contribution in [3.63, 3.8) is 0 Å². The molecule has 2 amide bonds. The van der Waals surface area contributed by atoms with Crippen LogP contribution in [0.25, 0.3) is 0 Å². The zero-order valence-electron chi connectivity index (χ0n) is 26.2. The molecule has 16 heteroatoms. The van der Waals surface area contributed by atoms with E-state index in [2.05, 4.69) is 24.6 Å². The van der Waals surface area contributed by atoms with Crippen LogP contribution in [0.1, 0.15) is 18.4 Å². The number of likely N-dealkylation sites (tertiary alicyclic amines) is 1. The summed E-state index contributed by atoms with van der Waals surface area (Å²) in [6, 6.07) is 24.0. The number of carbonyl (C=O) groups is 1. The summed E-state index contributed by atoms with van der Waals surface area (Å²) in [5, 5.41) is 3.13. The minimum Gasteiger partial charge on any atom is -0.439 e. The number of anilines is 4. The summed E-state index contributed by atoms with van der Waals surface area (Å²) in [7, 11) is -6.92. The van der Waals surface area contributed by atoms with E-state index in [0.717, 1.165) is 49.7 Å². The van der Waals surface area contributed by atoms with Crippen LogP contribution in [0.15, 0.2) is 91.1 Å². The van der Waals surface area contributed by atoms with Gasteiger partial charge in [-0.25, -0.2) is 26.6 Å². The molecule has 0 unspecified atom stereocenters. The number of benzene rings is 3. The first kappa shape index (κ1) is 36.8. The number of amides is 2. The quantitative estimate of drug-likeness (QED) is 0.160. The van der Waals surface area contributed by atoms with Crippen LogP contribution in [0.2, 0.25) is 5.02 Å². The molecule has 0 spiro atoms. The molecular weight excluding hydrogens is 699 g/mol. The lowest BCUT2D eigenvalue weighted by Gasteiger charge is -2.38. The average molecular weight is 736 g/mol. The molecule has 1 aliphatic rings. The molecule has 0 radical (unpaired) electrons. The van der Waals surface area contributed by atoms with Crippen molar-refractivity contribution in [1.29, 1.82) is 0 Å². The Hall–Kier alpha value is -4.08. The Morgan fingerprint density at radius 3 is 2.15 bits per heavy atom. The molecule has 5 rings (SSSR count). The van der Waals surface area contributed by atoms with Gasteiger partial charge >= 0.3 is 6.03 Å². The van der Waals surface area contributed by atoms with Gasteiger partial charge in [0.2, 0.25) is 25.9 Å². The number of nitrogens with one attached hydrogen (secondary N) is 3. The van der Waals surface area contributed by atoms with Crippen molar-refractivity contribution in [1.82, 2.24) is 9.88 Å². The summed E-state index contributed by atoms with van der Waals surface area (Å²) >= 11 is 6.17. The molecule has 0 saturated carbocycles. The lowest BCUT2D eigenvalue weighted by Crippen LogP contribution is -2.49. The molecule has 12 nitrogen and oxygen atoms in total. The zero-order chi connectivity index (χ0) is 33.6. The van der Waals surface area contributed by atoms with Gasteiger partial charge in [0.15, 0.2) is 0 Å². The predicted molar refractivity (Wildman–Crippen MR) is 193 cm³/mol. The first-order valence-corrected chi connectivity index (χ1v) is 18.8. The monoisotopic (exact) mass is 734 g/mol. The van der Waals surface area contributed by atoms with E-state index >= 15 is 0 Å². The second-order valence-corrected chi connectivity index (χ2v) is 15.1. The maximum Gasteiger partial charge on any atom is 0.326 e. The van der Waals surface area contributed by atoms with Gasteiger partial charge in [0.05, 0.1) is 23.2 Å². The van der Waals surface area contributed by atoms with Crippen molar-refractivity contribution in [2.24, 2.45) is 0 Å². The number of para-hydroxylation sites is 1. The molecule has 1 fully saturated rings. The lowest BCUT2D eigenvalue weighted by atomic mass is 10.0. The SMILES string of the molecule is CS(=O)(=O)Nc1ccc(Oc2ccc(CN3CCC(N(C(=O)Nc4ccc(Cl)c(NS(C)(=O)=O)c4)c4ccccc4)CC3)cn2)cc1.Cl. The second kappa shape index (κ2) is 15.9. The molecule has 1 aromatic heterocycles. The number of halogens is 2. The molecule has 4 aromatic rings. The number of nitrogens with zero attached hydrogens (tertiary/aromatic N) is 3. The molecule has 1 aliphatic heterocycles. The van der Waals surface area contributed by atoms with Crippen molar-refractivity contribution in [3.05, 3.63) is 102 Å². The number of rotatable bonds is 11. The van der Waals surface area contributed by atoms with Crippen LogP contribution in [0, 0.1) is 0 Å². The van der Waals surface area contributed by atoms with Gasteiger partial charge in [-0.3, -0.25) is 19.2 Å². The third kappa shape index (κ3) is 10.7. The number of carbonyl (C=O) groups excluding carboxylic acids is 1.